The second kappa shape index (κ2) is 10.1. The highest BCUT2D eigenvalue weighted by Crippen LogP contribution is 2.33. The molecule has 1 fully saturated rings. The van der Waals surface area contributed by atoms with Crippen LogP contribution < -0.4 is 15.0 Å². The molecule has 4 aromatic rings. The van der Waals surface area contributed by atoms with Crippen LogP contribution in [0.25, 0.3) is 17.0 Å². The average molecular weight is 494 g/mol. The van der Waals surface area contributed by atoms with Crippen molar-refractivity contribution in [1.82, 2.24) is 24.3 Å². The Hall–Kier alpha value is -3.40. The van der Waals surface area contributed by atoms with Crippen LogP contribution in [-0.2, 0) is 0 Å². The number of imidazole rings is 1. The van der Waals surface area contributed by atoms with E-state index in [4.69, 9.17) is 16.3 Å². The molecule has 0 saturated carbocycles. The molecule has 1 atom stereocenters. The Balaban J connectivity index is 1.36. The summed E-state index contributed by atoms with van der Waals surface area (Å²) in [7, 11) is 1.65. The van der Waals surface area contributed by atoms with Gasteiger partial charge in [-0.2, -0.15) is 0 Å². The molecule has 3 aromatic heterocycles. The van der Waals surface area contributed by atoms with Crippen molar-refractivity contribution in [1.29, 1.82) is 0 Å². The quantitative estimate of drug-likeness (QED) is 0.403. The Morgan fingerprint density at radius 2 is 1.94 bits per heavy atom. The predicted molar refractivity (Wildman–Crippen MR) is 138 cm³/mol. The van der Waals surface area contributed by atoms with E-state index in [0.717, 1.165) is 48.9 Å². The molecule has 182 valence electrons. The minimum absolute atomic E-state index is 0.310. The van der Waals surface area contributed by atoms with E-state index in [1.165, 1.54) is 0 Å². The van der Waals surface area contributed by atoms with Crippen LogP contribution in [0.2, 0.25) is 5.02 Å². The van der Waals surface area contributed by atoms with Gasteiger partial charge in [-0.3, -0.25) is 9.30 Å². The zero-order valence-electron chi connectivity index (χ0n) is 19.7. The van der Waals surface area contributed by atoms with Gasteiger partial charge in [-0.15, -0.1) is 0 Å². The standard InChI is InChI=1S/C25H28ClN7O2/c1-17(34)16-31-9-11-32(12-10-31)18-6-7-20(22(13-18)35-2)29-25-28-14-19(26)24(30-25)21-15-27-23-5-3-4-8-33(21)23/h3-8,13-15,17,34H,9-12,16H2,1-2H3,(H,28,29,30). The molecule has 4 heterocycles. The molecule has 1 aliphatic heterocycles. The molecule has 9 nitrogen and oxygen atoms in total. The third kappa shape index (κ3) is 5.02. The maximum atomic E-state index is 9.64. The summed E-state index contributed by atoms with van der Waals surface area (Å²) in [6, 6.07) is 11.9. The Morgan fingerprint density at radius 3 is 2.71 bits per heavy atom. The first-order valence-electron chi connectivity index (χ1n) is 11.6. The lowest BCUT2D eigenvalue weighted by atomic mass is 10.2. The molecule has 0 amide bonds. The molecule has 5 rings (SSSR count). The number of aliphatic hydroxyl groups is 1. The summed E-state index contributed by atoms with van der Waals surface area (Å²) in [5.41, 5.74) is 4.04. The zero-order valence-corrected chi connectivity index (χ0v) is 20.5. The van der Waals surface area contributed by atoms with Gasteiger partial charge in [-0.05, 0) is 31.2 Å². The number of methoxy groups -OCH3 is 1. The minimum atomic E-state index is -0.310. The second-order valence-corrected chi connectivity index (χ2v) is 9.02. The maximum Gasteiger partial charge on any atom is 0.227 e. The zero-order chi connectivity index (χ0) is 24.4. The van der Waals surface area contributed by atoms with Crippen LogP contribution in [-0.4, -0.2) is 75.3 Å². The molecule has 1 aliphatic rings. The molecular formula is C25H28ClN7O2. The number of rotatable bonds is 7. The van der Waals surface area contributed by atoms with Crippen molar-refractivity contribution in [2.75, 3.05) is 50.1 Å². The molecule has 1 saturated heterocycles. The summed E-state index contributed by atoms with van der Waals surface area (Å²) >= 11 is 6.45. The van der Waals surface area contributed by atoms with Crippen molar-refractivity contribution in [3.63, 3.8) is 0 Å². The van der Waals surface area contributed by atoms with Gasteiger partial charge in [0.05, 0.1) is 42.0 Å². The first kappa shape index (κ1) is 23.3. The van der Waals surface area contributed by atoms with Crippen molar-refractivity contribution in [2.45, 2.75) is 13.0 Å². The molecule has 2 N–H and O–H groups in total. The van der Waals surface area contributed by atoms with Crippen molar-refractivity contribution in [2.24, 2.45) is 0 Å². The van der Waals surface area contributed by atoms with Crippen LogP contribution in [0.1, 0.15) is 6.92 Å². The third-order valence-electron chi connectivity index (χ3n) is 6.10. The van der Waals surface area contributed by atoms with Gasteiger partial charge in [0.2, 0.25) is 5.95 Å². The molecule has 0 bridgehead atoms. The lowest BCUT2D eigenvalue weighted by Crippen LogP contribution is -2.48. The molecule has 1 unspecified atom stereocenters. The number of benzene rings is 1. The van der Waals surface area contributed by atoms with Crippen LogP contribution >= 0.6 is 11.6 Å². The summed E-state index contributed by atoms with van der Waals surface area (Å²) in [4.78, 5) is 18.1. The number of anilines is 3. The molecule has 0 aliphatic carbocycles. The van der Waals surface area contributed by atoms with Gasteiger partial charge in [0.1, 0.15) is 17.1 Å². The number of pyridine rings is 1. The van der Waals surface area contributed by atoms with Crippen molar-refractivity contribution in [3.8, 4) is 17.1 Å². The summed E-state index contributed by atoms with van der Waals surface area (Å²) in [6.07, 6.45) is 4.95. The number of β-amino-alcohol motifs (C(OH)–C–C–N with tert-alkyl or cyclic N) is 1. The van der Waals surface area contributed by atoms with Crippen LogP contribution in [0.4, 0.5) is 17.3 Å². The van der Waals surface area contributed by atoms with Crippen LogP contribution in [0.5, 0.6) is 5.75 Å². The number of nitrogens with one attached hydrogen (secondary N) is 1. The average Bonchev–Trinajstić information content (AvgIpc) is 3.29. The summed E-state index contributed by atoms with van der Waals surface area (Å²) in [6.45, 7) is 6.15. The number of nitrogens with zero attached hydrogens (tertiary/aromatic N) is 6. The topological polar surface area (TPSA) is 91.0 Å². The molecule has 10 heteroatoms. The summed E-state index contributed by atoms with van der Waals surface area (Å²) in [5.74, 6) is 1.11. The van der Waals surface area contributed by atoms with Gasteiger partial charge in [-0.25, -0.2) is 15.0 Å². The van der Waals surface area contributed by atoms with Crippen molar-refractivity contribution in [3.05, 3.63) is 60.0 Å². The largest absolute Gasteiger partial charge is 0.494 e. The SMILES string of the molecule is COc1cc(N2CCN(CC(C)O)CC2)ccc1Nc1ncc(Cl)c(-c2cnc3ccccn23)n1. The van der Waals surface area contributed by atoms with E-state index in [-0.39, 0.29) is 6.10 Å². The Morgan fingerprint density at radius 1 is 1.11 bits per heavy atom. The number of hydrogen-bond donors (Lipinski definition) is 2. The van der Waals surface area contributed by atoms with Gasteiger partial charge >= 0.3 is 0 Å². The highest BCUT2D eigenvalue weighted by atomic mass is 35.5. The van der Waals surface area contributed by atoms with Crippen LogP contribution in [0, 0.1) is 0 Å². The van der Waals surface area contributed by atoms with E-state index in [2.05, 4.69) is 36.1 Å². The lowest BCUT2D eigenvalue weighted by molar-refractivity contribution is 0.122. The van der Waals surface area contributed by atoms with E-state index >= 15 is 0 Å². The number of hydrogen-bond acceptors (Lipinski definition) is 8. The minimum Gasteiger partial charge on any atom is -0.494 e. The van der Waals surface area contributed by atoms with E-state index in [9.17, 15) is 5.11 Å². The number of ether oxygens (including phenoxy) is 1. The summed E-state index contributed by atoms with van der Waals surface area (Å²) in [5, 5.41) is 13.4. The monoisotopic (exact) mass is 493 g/mol. The molecular weight excluding hydrogens is 466 g/mol. The number of aromatic nitrogens is 4. The number of halogens is 1. The van der Waals surface area contributed by atoms with Gasteiger partial charge in [0.15, 0.2) is 0 Å². The third-order valence-corrected chi connectivity index (χ3v) is 6.37. The fourth-order valence-corrected chi connectivity index (χ4v) is 4.57. The fraction of sp³-hybridized carbons (Fsp3) is 0.320. The van der Waals surface area contributed by atoms with E-state index in [0.29, 0.717) is 29.0 Å². The Bertz CT molecular complexity index is 1320. The van der Waals surface area contributed by atoms with E-state index < -0.39 is 0 Å². The van der Waals surface area contributed by atoms with Crippen molar-refractivity contribution < 1.29 is 9.84 Å². The van der Waals surface area contributed by atoms with Crippen LogP contribution in [0.3, 0.4) is 0 Å². The second-order valence-electron chi connectivity index (χ2n) is 8.61. The first-order chi connectivity index (χ1) is 17.0. The van der Waals surface area contributed by atoms with Gasteiger partial charge < -0.3 is 20.1 Å². The van der Waals surface area contributed by atoms with Gasteiger partial charge in [-0.1, -0.05) is 17.7 Å². The van der Waals surface area contributed by atoms with E-state index in [1.807, 2.05) is 47.9 Å². The number of aliphatic hydroxyl groups excluding tert-OH is 1. The highest BCUT2D eigenvalue weighted by Gasteiger charge is 2.20. The van der Waals surface area contributed by atoms with Crippen LogP contribution in [0.15, 0.2) is 55.0 Å². The maximum absolute atomic E-state index is 9.64. The number of fused-ring (bicyclic) bond motifs is 1. The van der Waals surface area contributed by atoms with Gasteiger partial charge in [0, 0.05) is 50.7 Å². The predicted octanol–water partition coefficient (Wildman–Crippen LogP) is 3.70. The highest BCUT2D eigenvalue weighted by molar-refractivity contribution is 6.32. The van der Waals surface area contributed by atoms with E-state index in [1.54, 1.807) is 19.5 Å². The smallest absolute Gasteiger partial charge is 0.227 e. The fourth-order valence-electron chi connectivity index (χ4n) is 4.38. The number of piperazine rings is 1. The molecule has 35 heavy (non-hydrogen) atoms. The van der Waals surface area contributed by atoms with Crippen molar-refractivity contribution >= 4 is 34.6 Å². The Labute approximate surface area is 209 Å². The Kier molecular flexibility index (Phi) is 6.72. The summed E-state index contributed by atoms with van der Waals surface area (Å²) < 4.78 is 7.62. The lowest BCUT2D eigenvalue weighted by Gasteiger charge is -2.36. The molecule has 0 radical (unpaired) electrons. The molecule has 0 spiro atoms. The molecule has 1 aromatic carbocycles. The normalized spacial score (nSPS) is 15.4. The first-order valence-corrected chi connectivity index (χ1v) is 11.9. The van der Waals surface area contributed by atoms with Gasteiger partial charge in [0.25, 0.3) is 0 Å².